The van der Waals surface area contributed by atoms with Crippen molar-refractivity contribution in [3.8, 4) is 11.8 Å². The number of carbonyl (C=O) groups is 1. The van der Waals surface area contributed by atoms with Crippen molar-refractivity contribution >= 4 is 17.7 Å². The molecule has 23 heavy (non-hydrogen) atoms. The SMILES string of the molecule is CCOC(=O)/C=C/c1ccc(NCCC#Cc2ccco2)cc1. The maximum Gasteiger partial charge on any atom is 0.330 e. The molecule has 0 fully saturated rings. The lowest BCUT2D eigenvalue weighted by Crippen LogP contribution is -2.00. The Morgan fingerprint density at radius 1 is 1.30 bits per heavy atom. The molecule has 0 amide bonds. The fourth-order valence-corrected chi connectivity index (χ4v) is 1.84. The van der Waals surface area contributed by atoms with Gasteiger partial charge in [-0.2, -0.15) is 0 Å². The van der Waals surface area contributed by atoms with Crippen LogP contribution in [0.15, 0.2) is 53.2 Å². The van der Waals surface area contributed by atoms with Gasteiger partial charge in [0.15, 0.2) is 5.76 Å². The Labute approximate surface area is 136 Å². The fourth-order valence-electron chi connectivity index (χ4n) is 1.84. The molecular formula is C19H19NO3. The van der Waals surface area contributed by atoms with Crippen LogP contribution in [-0.2, 0) is 9.53 Å². The lowest BCUT2D eigenvalue weighted by atomic mass is 10.2. The van der Waals surface area contributed by atoms with E-state index in [2.05, 4.69) is 17.2 Å². The first-order valence-corrected chi connectivity index (χ1v) is 7.49. The predicted molar refractivity (Wildman–Crippen MR) is 90.8 cm³/mol. The Morgan fingerprint density at radius 3 is 2.83 bits per heavy atom. The first kappa shape index (κ1) is 16.4. The largest absolute Gasteiger partial charge is 0.463 e. The Hall–Kier alpha value is -2.93. The van der Waals surface area contributed by atoms with Gasteiger partial charge in [0.2, 0.25) is 0 Å². The normalized spacial score (nSPS) is 10.1. The lowest BCUT2D eigenvalue weighted by Gasteiger charge is -2.04. The Morgan fingerprint density at radius 2 is 2.13 bits per heavy atom. The summed E-state index contributed by atoms with van der Waals surface area (Å²) in [7, 11) is 0. The number of benzene rings is 1. The average molecular weight is 309 g/mol. The summed E-state index contributed by atoms with van der Waals surface area (Å²) < 4.78 is 9.97. The van der Waals surface area contributed by atoms with Crippen LogP contribution in [0.25, 0.3) is 6.08 Å². The molecule has 0 aliphatic rings. The van der Waals surface area contributed by atoms with Gasteiger partial charge in [-0.3, -0.25) is 0 Å². The maximum atomic E-state index is 11.2. The highest BCUT2D eigenvalue weighted by molar-refractivity contribution is 5.87. The third-order valence-corrected chi connectivity index (χ3v) is 2.92. The van der Waals surface area contributed by atoms with E-state index in [1.54, 1.807) is 19.3 Å². The van der Waals surface area contributed by atoms with E-state index in [0.717, 1.165) is 24.2 Å². The molecule has 4 nitrogen and oxygen atoms in total. The molecule has 118 valence electrons. The Kier molecular flexibility index (Phi) is 6.55. The summed E-state index contributed by atoms with van der Waals surface area (Å²) in [5, 5.41) is 3.29. The summed E-state index contributed by atoms with van der Waals surface area (Å²) in [4.78, 5) is 11.2. The molecule has 0 spiro atoms. The van der Waals surface area contributed by atoms with Gasteiger partial charge in [-0.05, 0) is 48.7 Å². The number of nitrogens with one attached hydrogen (secondary N) is 1. The minimum atomic E-state index is -0.329. The van der Waals surface area contributed by atoms with Crippen LogP contribution < -0.4 is 5.32 Å². The van der Waals surface area contributed by atoms with E-state index in [0.29, 0.717) is 12.4 Å². The van der Waals surface area contributed by atoms with Crippen molar-refractivity contribution in [2.75, 3.05) is 18.5 Å². The number of ether oxygens (including phenoxy) is 1. The molecule has 1 heterocycles. The van der Waals surface area contributed by atoms with E-state index in [9.17, 15) is 4.79 Å². The minimum Gasteiger partial charge on any atom is -0.463 e. The minimum absolute atomic E-state index is 0.329. The molecule has 1 N–H and O–H groups in total. The first-order chi connectivity index (χ1) is 11.3. The Balaban J connectivity index is 1.75. The van der Waals surface area contributed by atoms with Gasteiger partial charge in [0.1, 0.15) is 0 Å². The highest BCUT2D eigenvalue weighted by Gasteiger charge is 1.95. The van der Waals surface area contributed by atoms with E-state index in [-0.39, 0.29) is 5.97 Å². The molecule has 0 aliphatic carbocycles. The number of hydrogen-bond donors (Lipinski definition) is 1. The second kappa shape index (κ2) is 9.16. The van der Waals surface area contributed by atoms with Crippen LogP contribution in [0.3, 0.4) is 0 Å². The number of furan rings is 1. The van der Waals surface area contributed by atoms with Gasteiger partial charge in [-0.1, -0.05) is 18.1 Å². The second-order valence-corrected chi connectivity index (χ2v) is 4.66. The smallest absolute Gasteiger partial charge is 0.330 e. The van der Waals surface area contributed by atoms with E-state index < -0.39 is 0 Å². The molecule has 1 aromatic heterocycles. The standard InChI is InChI=1S/C19H19NO3/c1-2-22-19(21)13-10-16-8-11-17(12-9-16)20-14-4-3-6-18-7-5-15-23-18/h5,7-13,15,20H,2,4,14H2,1H3/b13-10+. The van der Waals surface area contributed by atoms with E-state index in [1.165, 1.54) is 6.08 Å². The van der Waals surface area contributed by atoms with Crippen molar-refractivity contribution in [2.45, 2.75) is 13.3 Å². The van der Waals surface area contributed by atoms with Gasteiger partial charge in [0, 0.05) is 24.7 Å². The fraction of sp³-hybridized carbons (Fsp3) is 0.211. The van der Waals surface area contributed by atoms with Gasteiger partial charge in [-0.15, -0.1) is 0 Å². The molecule has 0 aliphatic heterocycles. The molecule has 1 aromatic carbocycles. The van der Waals surface area contributed by atoms with E-state index >= 15 is 0 Å². The topological polar surface area (TPSA) is 51.5 Å². The number of anilines is 1. The van der Waals surface area contributed by atoms with E-state index in [1.807, 2.05) is 36.4 Å². The summed E-state index contributed by atoms with van der Waals surface area (Å²) in [5.74, 6) is 6.35. The van der Waals surface area contributed by atoms with Crippen molar-refractivity contribution in [3.05, 3.63) is 60.1 Å². The van der Waals surface area contributed by atoms with Crippen molar-refractivity contribution < 1.29 is 13.9 Å². The third kappa shape index (κ3) is 6.15. The molecule has 2 aromatic rings. The third-order valence-electron chi connectivity index (χ3n) is 2.92. The van der Waals surface area contributed by atoms with Gasteiger partial charge in [0.05, 0.1) is 12.9 Å². The van der Waals surface area contributed by atoms with Gasteiger partial charge in [0.25, 0.3) is 0 Å². The molecule has 0 unspecified atom stereocenters. The van der Waals surface area contributed by atoms with Crippen LogP contribution in [0.5, 0.6) is 0 Å². The summed E-state index contributed by atoms with van der Waals surface area (Å²) in [6.45, 7) is 2.92. The highest BCUT2D eigenvalue weighted by Crippen LogP contribution is 2.10. The summed E-state index contributed by atoms with van der Waals surface area (Å²) in [5.41, 5.74) is 1.96. The average Bonchev–Trinajstić information content (AvgIpc) is 3.07. The molecule has 0 saturated carbocycles. The van der Waals surface area contributed by atoms with Crippen LogP contribution in [0.1, 0.15) is 24.7 Å². The van der Waals surface area contributed by atoms with Crippen LogP contribution >= 0.6 is 0 Å². The molecule has 0 saturated heterocycles. The van der Waals surface area contributed by atoms with Gasteiger partial charge < -0.3 is 14.5 Å². The van der Waals surface area contributed by atoms with Crippen molar-refractivity contribution in [1.29, 1.82) is 0 Å². The predicted octanol–water partition coefficient (Wildman–Crippen LogP) is 3.71. The molecule has 0 atom stereocenters. The van der Waals surface area contributed by atoms with Crippen LogP contribution in [-0.4, -0.2) is 19.1 Å². The second-order valence-electron chi connectivity index (χ2n) is 4.66. The first-order valence-electron chi connectivity index (χ1n) is 7.49. The van der Waals surface area contributed by atoms with Crippen LogP contribution in [0.4, 0.5) is 5.69 Å². The number of hydrogen-bond acceptors (Lipinski definition) is 4. The number of esters is 1. The zero-order chi connectivity index (χ0) is 16.3. The summed E-state index contributed by atoms with van der Waals surface area (Å²) >= 11 is 0. The molecule has 2 rings (SSSR count). The molecular weight excluding hydrogens is 290 g/mol. The molecule has 0 radical (unpaired) electrons. The van der Waals surface area contributed by atoms with Gasteiger partial charge >= 0.3 is 5.97 Å². The summed E-state index contributed by atoms with van der Waals surface area (Å²) in [6, 6.07) is 11.5. The Bertz CT molecular complexity index is 688. The van der Waals surface area contributed by atoms with Crippen LogP contribution in [0.2, 0.25) is 0 Å². The molecule has 0 bridgehead atoms. The quantitative estimate of drug-likeness (QED) is 0.382. The zero-order valence-electron chi connectivity index (χ0n) is 13.0. The van der Waals surface area contributed by atoms with Gasteiger partial charge in [-0.25, -0.2) is 4.79 Å². The van der Waals surface area contributed by atoms with E-state index in [4.69, 9.17) is 9.15 Å². The monoisotopic (exact) mass is 309 g/mol. The molecule has 4 heteroatoms. The highest BCUT2D eigenvalue weighted by atomic mass is 16.5. The van der Waals surface area contributed by atoms with Crippen molar-refractivity contribution in [2.24, 2.45) is 0 Å². The summed E-state index contributed by atoms with van der Waals surface area (Å²) in [6.07, 6.45) is 5.50. The maximum absolute atomic E-state index is 11.2. The van der Waals surface area contributed by atoms with Crippen LogP contribution in [0, 0.1) is 11.8 Å². The lowest BCUT2D eigenvalue weighted by molar-refractivity contribution is -0.137. The van der Waals surface area contributed by atoms with Crippen molar-refractivity contribution in [3.63, 3.8) is 0 Å². The van der Waals surface area contributed by atoms with Crippen molar-refractivity contribution in [1.82, 2.24) is 0 Å². The number of carbonyl (C=O) groups excluding carboxylic acids is 1. The zero-order valence-corrected chi connectivity index (χ0v) is 13.0. The number of rotatable bonds is 6.